The van der Waals surface area contributed by atoms with Gasteiger partial charge in [-0.05, 0) is 38.1 Å². The van der Waals surface area contributed by atoms with E-state index in [1.54, 1.807) is 11.8 Å². The normalized spacial score (nSPS) is 12.6. The number of rotatable bonds is 9. The van der Waals surface area contributed by atoms with Gasteiger partial charge in [-0.1, -0.05) is 30.1 Å². The van der Waals surface area contributed by atoms with Gasteiger partial charge in [-0.3, -0.25) is 0 Å². The highest BCUT2D eigenvalue weighted by Crippen LogP contribution is 2.29. The van der Waals surface area contributed by atoms with Gasteiger partial charge in [-0.15, -0.1) is 11.8 Å². The van der Waals surface area contributed by atoms with E-state index in [1.807, 2.05) is 25.1 Å². The quantitative estimate of drug-likeness (QED) is 0.535. The van der Waals surface area contributed by atoms with Gasteiger partial charge < -0.3 is 10.1 Å². The summed E-state index contributed by atoms with van der Waals surface area (Å²) in [5, 5.41) is 5.14. The van der Waals surface area contributed by atoms with E-state index in [0.29, 0.717) is 15.3 Å². The zero-order chi connectivity index (χ0) is 14.1. The van der Waals surface area contributed by atoms with Gasteiger partial charge in [0.2, 0.25) is 0 Å². The molecule has 1 unspecified atom stereocenters. The molecule has 1 atom stereocenters. The van der Waals surface area contributed by atoms with Crippen LogP contribution in [-0.4, -0.2) is 31.6 Å². The summed E-state index contributed by atoms with van der Waals surface area (Å²) >= 11 is 13.7. The van der Waals surface area contributed by atoms with E-state index < -0.39 is 0 Å². The van der Waals surface area contributed by atoms with E-state index in [0.717, 1.165) is 37.6 Å². The fraction of sp³-hybridized carbons (Fsp3) is 0.571. The van der Waals surface area contributed by atoms with Crippen LogP contribution in [0, 0.1) is 0 Å². The van der Waals surface area contributed by atoms with Gasteiger partial charge in [0.05, 0.1) is 10.0 Å². The third-order valence-electron chi connectivity index (χ3n) is 2.51. The number of nitrogens with one attached hydrogen (secondary N) is 1. The molecule has 0 aliphatic heterocycles. The topological polar surface area (TPSA) is 21.3 Å². The van der Waals surface area contributed by atoms with Gasteiger partial charge in [-0.2, -0.15) is 0 Å². The molecule has 0 aliphatic rings. The van der Waals surface area contributed by atoms with Crippen LogP contribution < -0.4 is 5.32 Å². The van der Waals surface area contributed by atoms with E-state index in [1.165, 1.54) is 0 Å². The van der Waals surface area contributed by atoms with E-state index in [2.05, 4.69) is 12.2 Å². The first-order valence-electron chi connectivity index (χ1n) is 6.53. The number of ether oxygens (including phenoxy) is 1. The largest absolute Gasteiger partial charge is 0.382 e. The minimum absolute atomic E-state index is 0.490. The molecular formula is C14H21Cl2NOS. The van der Waals surface area contributed by atoms with Gasteiger partial charge in [0.1, 0.15) is 0 Å². The van der Waals surface area contributed by atoms with Crippen LogP contribution in [0.2, 0.25) is 10.0 Å². The first kappa shape index (κ1) is 17.1. The van der Waals surface area contributed by atoms with Crippen molar-refractivity contribution < 1.29 is 4.74 Å². The van der Waals surface area contributed by atoms with Crippen molar-refractivity contribution in [2.75, 3.05) is 26.3 Å². The summed E-state index contributed by atoms with van der Waals surface area (Å²) in [5.41, 5.74) is 0. The van der Waals surface area contributed by atoms with Crippen molar-refractivity contribution in [3.63, 3.8) is 0 Å². The van der Waals surface area contributed by atoms with Crippen molar-refractivity contribution in [1.82, 2.24) is 5.32 Å². The Morgan fingerprint density at radius 1 is 1.32 bits per heavy atom. The molecule has 19 heavy (non-hydrogen) atoms. The third-order valence-corrected chi connectivity index (χ3v) is 4.34. The Bertz CT molecular complexity index is 376. The predicted octanol–water partition coefficient (Wildman–Crippen LogP) is 4.49. The van der Waals surface area contributed by atoms with Gasteiger partial charge in [-0.25, -0.2) is 0 Å². The van der Waals surface area contributed by atoms with E-state index >= 15 is 0 Å². The third kappa shape index (κ3) is 7.42. The Hall–Kier alpha value is 0.0700. The molecule has 2 nitrogen and oxygen atoms in total. The van der Waals surface area contributed by atoms with Gasteiger partial charge in [0.25, 0.3) is 0 Å². The highest BCUT2D eigenvalue weighted by Gasteiger charge is 2.06. The Kier molecular flexibility index (Phi) is 8.92. The lowest BCUT2D eigenvalue weighted by molar-refractivity contribution is 0.145. The second-order valence-electron chi connectivity index (χ2n) is 4.26. The average molecular weight is 322 g/mol. The summed E-state index contributed by atoms with van der Waals surface area (Å²) < 4.78 is 5.29. The lowest BCUT2D eigenvalue weighted by Gasteiger charge is -2.13. The molecule has 0 saturated carbocycles. The van der Waals surface area contributed by atoms with Crippen molar-refractivity contribution >= 4 is 35.0 Å². The molecule has 1 rings (SSSR count). The van der Waals surface area contributed by atoms with Crippen molar-refractivity contribution in [1.29, 1.82) is 0 Å². The summed E-state index contributed by atoms with van der Waals surface area (Å²) in [6.45, 7) is 7.80. The van der Waals surface area contributed by atoms with Crippen LogP contribution in [-0.2, 0) is 4.74 Å². The fourth-order valence-corrected chi connectivity index (χ4v) is 2.93. The summed E-state index contributed by atoms with van der Waals surface area (Å²) in [5.74, 6) is 0. The molecule has 0 aliphatic carbocycles. The Labute approximate surface area is 130 Å². The summed E-state index contributed by atoms with van der Waals surface area (Å²) in [6.07, 6.45) is 1.05. The lowest BCUT2D eigenvalue weighted by atomic mass is 10.4. The molecule has 0 saturated heterocycles. The molecule has 0 aromatic heterocycles. The number of hydrogen-bond donors (Lipinski definition) is 1. The van der Waals surface area contributed by atoms with Gasteiger partial charge in [0, 0.05) is 29.9 Å². The molecule has 0 spiro atoms. The SMILES string of the molecule is CCOCCCNCC(C)Sc1ccc(Cl)c(Cl)c1. The Balaban J connectivity index is 2.19. The van der Waals surface area contributed by atoms with Crippen LogP contribution in [0.4, 0.5) is 0 Å². The Morgan fingerprint density at radius 3 is 2.79 bits per heavy atom. The maximum atomic E-state index is 6.00. The monoisotopic (exact) mass is 321 g/mol. The fourth-order valence-electron chi connectivity index (χ4n) is 1.57. The highest BCUT2D eigenvalue weighted by atomic mass is 35.5. The summed E-state index contributed by atoms with van der Waals surface area (Å²) in [6, 6.07) is 5.76. The number of hydrogen-bond acceptors (Lipinski definition) is 3. The van der Waals surface area contributed by atoms with Crippen LogP contribution in [0.25, 0.3) is 0 Å². The average Bonchev–Trinajstić information content (AvgIpc) is 2.38. The van der Waals surface area contributed by atoms with Crippen LogP contribution in [0.5, 0.6) is 0 Å². The molecule has 0 fully saturated rings. The molecule has 5 heteroatoms. The summed E-state index contributed by atoms with van der Waals surface area (Å²) in [4.78, 5) is 1.15. The van der Waals surface area contributed by atoms with Crippen LogP contribution in [0.15, 0.2) is 23.1 Å². The second kappa shape index (κ2) is 9.89. The number of thioether (sulfide) groups is 1. The van der Waals surface area contributed by atoms with Crippen LogP contribution >= 0.6 is 35.0 Å². The molecule has 0 bridgehead atoms. The zero-order valence-electron chi connectivity index (χ0n) is 11.4. The van der Waals surface area contributed by atoms with Crippen LogP contribution in [0.1, 0.15) is 20.3 Å². The predicted molar refractivity (Wildman–Crippen MR) is 85.8 cm³/mol. The molecule has 1 N–H and O–H groups in total. The molecular weight excluding hydrogens is 301 g/mol. The van der Waals surface area contributed by atoms with Gasteiger partial charge >= 0.3 is 0 Å². The molecule has 0 amide bonds. The van der Waals surface area contributed by atoms with Crippen molar-refractivity contribution in [3.05, 3.63) is 28.2 Å². The minimum Gasteiger partial charge on any atom is -0.382 e. The molecule has 0 heterocycles. The zero-order valence-corrected chi connectivity index (χ0v) is 13.7. The van der Waals surface area contributed by atoms with E-state index in [9.17, 15) is 0 Å². The number of benzene rings is 1. The smallest absolute Gasteiger partial charge is 0.0603 e. The molecule has 1 aromatic carbocycles. The number of halogens is 2. The highest BCUT2D eigenvalue weighted by molar-refractivity contribution is 8.00. The van der Waals surface area contributed by atoms with Gasteiger partial charge in [0.15, 0.2) is 0 Å². The standard InChI is InChI=1S/C14H21Cl2NOS/c1-3-18-8-4-7-17-10-11(2)19-12-5-6-13(15)14(16)9-12/h5-6,9,11,17H,3-4,7-8,10H2,1-2H3. The molecule has 0 radical (unpaired) electrons. The van der Waals surface area contributed by atoms with Crippen LogP contribution in [0.3, 0.4) is 0 Å². The second-order valence-corrected chi connectivity index (χ2v) is 6.59. The van der Waals surface area contributed by atoms with E-state index in [-0.39, 0.29) is 0 Å². The minimum atomic E-state index is 0.490. The maximum Gasteiger partial charge on any atom is 0.0603 e. The molecule has 1 aromatic rings. The first-order valence-corrected chi connectivity index (χ1v) is 8.17. The van der Waals surface area contributed by atoms with Crippen molar-refractivity contribution in [2.45, 2.75) is 30.4 Å². The first-order chi connectivity index (χ1) is 9.13. The Morgan fingerprint density at radius 2 is 2.11 bits per heavy atom. The lowest BCUT2D eigenvalue weighted by Crippen LogP contribution is -2.24. The van der Waals surface area contributed by atoms with Crippen molar-refractivity contribution in [2.24, 2.45) is 0 Å². The van der Waals surface area contributed by atoms with Crippen molar-refractivity contribution in [3.8, 4) is 0 Å². The molecule has 108 valence electrons. The maximum absolute atomic E-state index is 6.00. The van der Waals surface area contributed by atoms with E-state index in [4.69, 9.17) is 27.9 Å². The summed E-state index contributed by atoms with van der Waals surface area (Å²) in [7, 11) is 0.